The highest BCUT2D eigenvalue weighted by atomic mass is 16.4. The van der Waals surface area contributed by atoms with Crippen molar-refractivity contribution >= 4 is 11.9 Å². The molecule has 0 aliphatic heterocycles. The minimum Gasteiger partial charge on any atom is -0.480 e. The number of carbonyl (C=O) groups is 2. The Morgan fingerprint density at radius 1 is 1.47 bits per heavy atom. The van der Waals surface area contributed by atoms with E-state index in [-0.39, 0.29) is 12.5 Å². The monoisotopic (exact) mass is 214 g/mol. The lowest BCUT2D eigenvalue weighted by atomic mass is 10.1. The van der Waals surface area contributed by atoms with E-state index in [9.17, 15) is 9.59 Å². The van der Waals surface area contributed by atoms with Crippen molar-refractivity contribution in [1.29, 1.82) is 0 Å². The van der Waals surface area contributed by atoms with Gasteiger partial charge < -0.3 is 15.7 Å². The zero-order chi connectivity index (χ0) is 11.3. The lowest BCUT2D eigenvalue weighted by Crippen LogP contribution is -2.44. The normalized spacial score (nSPS) is 17.1. The third-order valence-corrected chi connectivity index (χ3v) is 2.34. The van der Waals surface area contributed by atoms with Gasteiger partial charge in [-0.05, 0) is 19.3 Å². The predicted octanol–water partition coefficient (Wildman–Crippen LogP) is 0.108. The van der Waals surface area contributed by atoms with Crippen LogP contribution in [0.25, 0.3) is 0 Å². The van der Waals surface area contributed by atoms with Gasteiger partial charge in [-0.2, -0.15) is 0 Å². The molecule has 0 aromatic carbocycles. The lowest BCUT2D eigenvalue weighted by molar-refractivity contribution is -0.141. The third kappa shape index (κ3) is 4.78. The molecule has 1 aliphatic carbocycles. The van der Waals surface area contributed by atoms with Gasteiger partial charge >= 0.3 is 5.97 Å². The van der Waals surface area contributed by atoms with Crippen LogP contribution in [0.5, 0.6) is 0 Å². The number of amides is 1. The Kier molecular flexibility index (Phi) is 4.55. The molecular formula is C10H18N2O3. The summed E-state index contributed by atoms with van der Waals surface area (Å²) in [6, 6.07) is -0.284. The van der Waals surface area contributed by atoms with Crippen LogP contribution in [-0.2, 0) is 9.59 Å². The Labute approximate surface area is 89.2 Å². The number of carboxylic acid groups (broad SMARTS) is 1. The van der Waals surface area contributed by atoms with Crippen LogP contribution in [0.15, 0.2) is 0 Å². The molecule has 0 aromatic rings. The van der Waals surface area contributed by atoms with Crippen molar-refractivity contribution in [2.45, 2.75) is 44.7 Å². The molecule has 1 amide bonds. The fraction of sp³-hybridized carbons (Fsp3) is 0.800. The average Bonchev–Trinajstić information content (AvgIpc) is 2.97. The highest BCUT2D eigenvalue weighted by molar-refractivity contribution is 5.84. The van der Waals surface area contributed by atoms with Crippen LogP contribution < -0.4 is 10.6 Å². The zero-order valence-corrected chi connectivity index (χ0v) is 8.95. The predicted molar refractivity (Wildman–Crippen MR) is 55.5 cm³/mol. The number of hydrogen-bond acceptors (Lipinski definition) is 3. The number of aliphatic carboxylic acids is 1. The van der Waals surface area contributed by atoms with Gasteiger partial charge in [0, 0.05) is 6.04 Å². The highest BCUT2D eigenvalue weighted by Crippen LogP contribution is 2.17. The maximum Gasteiger partial charge on any atom is 0.326 e. The maximum atomic E-state index is 11.3. The standard InChI is InChI=1S/C10H18N2O3/c1-2-3-8(10(14)15)12-9(13)6-11-7-4-5-7/h7-8,11H,2-6H2,1H3,(H,12,13)(H,14,15)/t8-/m1/s1. The van der Waals surface area contributed by atoms with E-state index in [1.807, 2.05) is 6.92 Å². The molecule has 15 heavy (non-hydrogen) atoms. The Morgan fingerprint density at radius 3 is 2.60 bits per heavy atom. The van der Waals surface area contributed by atoms with E-state index in [1.165, 1.54) is 0 Å². The molecule has 0 heterocycles. The van der Waals surface area contributed by atoms with Gasteiger partial charge in [0.15, 0.2) is 0 Å². The summed E-state index contributed by atoms with van der Waals surface area (Å²) < 4.78 is 0. The summed E-state index contributed by atoms with van der Waals surface area (Å²) in [5.74, 6) is -1.20. The van der Waals surface area contributed by atoms with E-state index in [4.69, 9.17) is 5.11 Å². The minimum atomic E-state index is -0.961. The Bertz CT molecular complexity index is 239. The Hall–Kier alpha value is -1.10. The van der Waals surface area contributed by atoms with Gasteiger partial charge in [0.05, 0.1) is 6.54 Å². The molecule has 0 radical (unpaired) electrons. The van der Waals surface area contributed by atoms with E-state index in [0.29, 0.717) is 12.5 Å². The van der Waals surface area contributed by atoms with Crippen LogP contribution >= 0.6 is 0 Å². The van der Waals surface area contributed by atoms with Crippen molar-refractivity contribution in [2.24, 2.45) is 0 Å². The fourth-order valence-corrected chi connectivity index (χ4v) is 1.32. The van der Waals surface area contributed by atoms with Crippen molar-refractivity contribution < 1.29 is 14.7 Å². The first-order valence-electron chi connectivity index (χ1n) is 5.39. The summed E-state index contributed by atoms with van der Waals surface area (Å²) >= 11 is 0. The highest BCUT2D eigenvalue weighted by Gasteiger charge is 2.23. The van der Waals surface area contributed by atoms with Crippen molar-refractivity contribution in [3.63, 3.8) is 0 Å². The van der Waals surface area contributed by atoms with Crippen molar-refractivity contribution in [1.82, 2.24) is 10.6 Å². The molecule has 1 rings (SSSR count). The summed E-state index contributed by atoms with van der Waals surface area (Å²) in [6.07, 6.45) is 3.45. The number of nitrogens with one attached hydrogen (secondary N) is 2. The fourth-order valence-electron chi connectivity index (χ4n) is 1.32. The maximum absolute atomic E-state index is 11.3. The molecule has 1 atom stereocenters. The number of carboxylic acids is 1. The van der Waals surface area contributed by atoms with Gasteiger partial charge in [0.1, 0.15) is 6.04 Å². The van der Waals surface area contributed by atoms with E-state index >= 15 is 0 Å². The molecule has 3 N–H and O–H groups in total. The summed E-state index contributed by atoms with van der Waals surface area (Å²) in [5.41, 5.74) is 0. The molecule has 0 aromatic heterocycles. The number of carbonyl (C=O) groups excluding carboxylic acids is 1. The molecule has 1 fully saturated rings. The van der Waals surface area contributed by atoms with Gasteiger partial charge in [-0.25, -0.2) is 4.79 Å². The second-order valence-electron chi connectivity index (χ2n) is 3.90. The molecule has 1 aliphatic rings. The average molecular weight is 214 g/mol. The number of hydrogen-bond donors (Lipinski definition) is 3. The first-order chi connectivity index (χ1) is 7.13. The molecule has 0 bridgehead atoms. The lowest BCUT2D eigenvalue weighted by Gasteiger charge is -2.13. The molecule has 0 saturated heterocycles. The second kappa shape index (κ2) is 5.70. The quantitative estimate of drug-likeness (QED) is 0.562. The van der Waals surface area contributed by atoms with E-state index < -0.39 is 12.0 Å². The Balaban J connectivity index is 2.22. The zero-order valence-electron chi connectivity index (χ0n) is 8.95. The molecule has 0 unspecified atom stereocenters. The summed E-state index contributed by atoms with van der Waals surface area (Å²) in [4.78, 5) is 22.1. The van der Waals surface area contributed by atoms with Crippen molar-refractivity contribution in [3.05, 3.63) is 0 Å². The van der Waals surface area contributed by atoms with Crippen molar-refractivity contribution in [2.75, 3.05) is 6.54 Å². The first-order valence-corrected chi connectivity index (χ1v) is 5.39. The SMILES string of the molecule is CCC[C@@H](NC(=O)CNC1CC1)C(=O)O. The van der Waals surface area contributed by atoms with E-state index in [1.54, 1.807) is 0 Å². The molecule has 0 spiro atoms. The topological polar surface area (TPSA) is 78.4 Å². The first kappa shape index (κ1) is 12.0. The largest absolute Gasteiger partial charge is 0.480 e. The second-order valence-corrected chi connectivity index (χ2v) is 3.90. The molecule has 86 valence electrons. The summed E-state index contributed by atoms with van der Waals surface area (Å²) in [7, 11) is 0. The molecule has 5 heteroatoms. The van der Waals surface area contributed by atoms with Crippen LogP contribution in [-0.4, -0.2) is 35.6 Å². The smallest absolute Gasteiger partial charge is 0.326 e. The van der Waals surface area contributed by atoms with E-state index in [2.05, 4.69) is 10.6 Å². The van der Waals surface area contributed by atoms with E-state index in [0.717, 1.165) is 19.3 Å². The number of rotatable bonds is 7. The van der Waals surface area contributed by atoms with Crippen LogP contribution in [0.1, 0.15) is 32.6 Å². The van der Waals surface area contributed by atoms with Crippen LogP contribution in [0.2, 0.25) is 0 Å². The molecule has 5 nitrogen and oxygen atoms in total. The van der Waals surface area contributed by atoms with Crippen LogP contribution in [0.4, 0.5) is 0 Å². The van der Waals surface area contributed by atoms with Crippen molar-refractivity contribution in [3.8, 4) is 0 Å². The minimum absolute atomic E-state index is 0.220. The van der Waals surface area contributed by atoms with Gasteiger partial charge in [-0.15, -0.1) is 0 Å². The Morgan fingerprint density at radius 2 is 2.13 bits per heavy atom. The molecule has 1 saturated carbocycles. The third-order valence-electron chi connectivity index (χ3n) is 2.34. The summed E-state index contributed by atoms with van der Waals surface area (Å²) in [6.45, 7) is 2.11. The van der Waals surface area contributed by atoms with Crippen LogP contribution in [0.3, 0.4) is 0 Å². The van der Waals surface area contributed by atoms with Gasteiger partial charge in [-0.3, -0.25) is 4.79 Å². The van der Waals surface area contributed by atoms with Gasteiger partial charge in [-0.1, -0.05) is 13.3 Å². The van der Waals surface area contributed by atoms with Gasteiger partial charge in [0.2, 0.25) is 5.91 Å². The summed E-state index contributed by atoms with van der Waals surface area (Å²) in [5, 5.41) is 14.3. The molecular weight excluding hydrogens is 196 g/mol. The van der Waals surface area contributed by atoms with Crippen LogP contribution in [0, 0.1) is 0 Å². The van der Waals surface area contributed by atoms with Gasteiger partial charge in [0.25, 0.3) is 0 Å².